The van der Waals surface area contributed by atoms with E-state index in [0.717, 1.165) is 53.3 Å². The topological polar surface area (TPSA) is 25.5 Å². The lowest BCUT2D eigenvalue weighted by Crippen LogP contribution is -2.56. The molecule has 0 unspecified atom stereocenters. The highest BCUT2D eigenvalue weighted by molar-refractivity contribution is 7.71. The molecule has 2 heterocycles. The van der Waals surface area contributed by atoms with Crippen molar-refractivity contribution in [3.8, 4) is 0 Å². The molecule has 4 bridgehead atoms. The van der Waals surface area contributed by atoms with Gasteiger partial charge in [-0.05, 0) is 86.7 Å². The molecule has 128 valence electrons. The number of hydrogen-bond acceptors (Lipinski definition) is 3. The molecule has 2 aromatic rings. The van der Waals surface area contributed by atoms with Gasteiger partial charge in [0, 0.05) is 12.2 Å². The molecule has 4 aliphatic rings. The fourth-order valence-corrected chi connectivity index (χ4v) is 6.38. The van der Waals surface area contributed by atoms with Crippen LogP contribution in [0.1, 0.15) is 39.0 Å². The summed E-state index contributed by atoms with van der Waals surface area (Å²) in [4.78, 5) is 2.66. The minimum absolute atomic E-state index is 0.745. The first-order valence-corrected chi connectivity index (χ1v) is 9.92. The molecule has 4 saturated carbocycles. The second-order valence-electron chi connectivity index (χ2n) is 8.18. The lowest BCUT2D eigenvalue weighted by Gasteiger charge is -2.57. The second-order valence-corrected chi connectivity index (χ2v) is 8.54. The van der Waals surface area contributed by atoms with Crippen LogP contribution in [-0.2, 0) is 6.67 Å². The van der Waals surface area contributed by atoms with E-state index in [1.807, 2.05) is 33.5 Å². The molecular formula is C19H26N4S. The molecule has 0 atom stereocenters. The van der Waals surface area contributed by atoms with Crippen molar-refractivity contribution in [1.82, 2.24) is 19.1 Å². The van der Waals surface area contributed by atoms with E-state index in [9.17, 15) is 0 Å². The summed E-state index contributed by atoms with van der Waals surface area (Å²) < 4.78 is 4.85. The van der Waals surface area contributed by atoms with Gasteiger partial charge >= 0.3 is 0 Å². The summed E-state index contributed by atoms with van der Waals surface area (Å²) in [6, 6.07) is 6.82. The molecule has 0 aromatic carbocycles. The van der Waals surface area contributed by atoms with E-state index in [1.54, 1.807) is 0 Å². The van der Waals surface area contributed by atoms with E-state index in [-0.39, 0.29) is 0 Å². The number of pyridine rings is 1. The summed E-state index contributed by atoms with van der Waals surface area (Å²) in [6.45, 7) is 4.22. The highest BCUT2D eigenvalue weighted by Gasteiger charge is 2.49. The Kier molecular flexibility index (Phi) is 3.56. The van der Waals surface area contributed by atoms with Gasteiger partial charge in [0.05, 0.1) is 6.67 Å². The Morgan fingerprint density at radius 2 is 1.83 bits per heavy atom. The molecule has 4 aliphatic carbocycles. The normalized spacial score (nSPS) is 34.5. The molecular weight excluding hydrogens is 316 g/mol. The van der Waals surface area contributed by atoms with Gasteiger partial charge in [-0.15, -0.1) is 0 Å². The lowest BCUT2D eigenvalue weighted by molar-refractivity contribution is -0.0743. The highest BCUT2D eigenvalue weighted by Crippen LogP contribution is 2.55. The highest BCUT2D eigenvalue weighted by atomic mass is 32.1. The van der Waals surface area contributed by atoms with Crippen LogP contribution < -0.4 is 0 Å². The van der Waals surface area contributed by atoms with Gasteiger partial charge in [0.25, 0.3) is 0 Å². The van der Waals surface area contributed by atoms with Crippen molar-refractivity contribution in [2.45, 2.75) is 51.7 Å². The van der Waals surface area contributed by atoms with Gasteiger partial charge in [-0.2, -0.15) is 5.10 Å². The summed E-state index contributed by atoms with van der Waals surface area (Å²) in [5, 5.41) is 4.75. The van der Waals surface area contributed by atoms with Crippen LogP contribution in [0.3, 0.4) is 0 Å². The fraction of sp³-hybridized carbons (Fsp3) is 0.684. The SMILES string of the molecule is CCN(Cn1nc2ccccn2c1=S)C1C2CC3CC(C2)CC1C3. The zero-order chi connectivity index (χ0) is 16.3. The number of rotatable bonds is 4. The van der Waals surface area contributed by atoms with Crippen molar-refractivity contribution in [3.63, 3.8) is 0 Å². The average molecular weight is 343 g/mol. The molecule has 0 saturated heterocycles. The van der Waals surface area contributed by atoms with Gasteiger partial charge in [0.15, 0.2) is 5.65 Å². The Balaban J connectivity index is 1.44. The first kappa shape index (κ1) is 15.1. The molecule has 0 aliphatic heterocycles. The second kappa shape index (κ2) is 5.67. The smallest absolute Gasteiger partial charge is 0.203 e. The van der Waals surface area contributed by atoms with Gasteiger partial charge < -0.3 is 0 Å². The van der Waals surface area contributed by atoms with Crippen molar-refractivity contribution in [1.29, 1.82) is 0 Å². The number of nitrogens with zero attached hydrogens (tertiary/aromatic N) is 4. The Hall–Kier alpha value is -1.20. The molecule has 4 nitrogen and oxygen atoms in total. The lowest BCUT2D eigenvalue weighted by atomic mass is 9.54. The molecule has 4 fully saturated rings. The van der Waals surface area contributed by atoms with Crippen LogP contribution in [0.25, 0.3) is 5.65 Å². The summed E-state index contributed by atoms with van der Waals surface area (Å²) in [7, 11) is 0. The molecule has 0 radical (unpaired) electrons. The summed E-state index contributed by atoms with van der Waals surface area (Å²) in [5.41, 5.74) is 0.948. The van der Waals surface area contributed by atoms with Crippen molar-refractivity contribution in [2.75, 3.05) is 6.54 Å². The number of hydrogen-bond donors (Lipinski definition) is 0. The molecule has 0 amide bonds. The number of fused-ring (bicyclic) bond motifs is 1. The standard InChI is InChI=1S/C19H26N4S/c1-2-21(12-23-19(24)22-6-4-3-5-17(22)20-23)18-15-8-13-7-14(10-15)11-16(18)9-13/h3-6,13-16,18H,2,7-12H2,1H3. The van der Waals surface area contributed by atoms with Gasteiger partial charge in [-0.25, -0.2) is 4.68 Å². The van der Waals surface area contributed by atoms with E-state index in [0.29, 0.717) is 0 Å². The third kappa shape index (κ3) is 2.28. The van der Waals surface area contributed by atoms with Gasteiger partial charge in [-0.3, -0.25) is 9.30 Å². The zero-order valence-corrected chi connectivity index (χ0v) is 15.2. The van der Waals surface area contributed by atoms with Crippen LogP contribution in [0.4, 0.5) is 0 Å². The first-order valence-electron chi connectivity index (χ1n) is 9.51. The van der Waals surface area contributed by atoms with E-state index in [2.05, 4.69) is 11.8 Å². The van der Waals surface area contributed by atoms with E-state index >= 15 is 0 Å². The third-order valence-corrected chi connectivity index (χ3v) is 7.22. The number of aromatic nitrogens is 3. The minimum atomic E-state index is 0.745. The summed E-state index contributed by atoms with van der Waals surface area (Å²) in [5.74, 6) is 3.87. The van der Waals surface area contributed by atoms with Gasteiger partial charge in [-0.1, -0.05) is 13.0 Å². The van der Waals surface area contributed by atoms with Crippen molar-refractivity contribution < 1.29 is 0 Å². The molecule has 5 heteroatoms. The van der Waals surface area contributed by atoms with Crippen molar-refractivity contribution in [3.05, 3.63) is 29.2 Å². The summed E-state index contributed by atoms with van der Waals surface area (Å²) >= 11 is 5.66. The van der Waals surface area contributed by atoms with Crippen LogP contribution in [0.15, 0.2) is 24.4 Å². The largest absolute Gasteiger partial charge is 0.281 e. The van der Waals surface area contributed by atoms with Crippen LogP contribution in [0, 0.1) is 28.4 Å². The van der Waals surface area contributed by atoms with Crippen molar-refractivity contribution in [2.24, 2.45) is 23.7 Å². The Bertz CT molecular complexity index is 779. The average Bonchev–Trinajstić information content (AvgIpc) is 2.89. The van der Waals surface area contributed by atoms with Gasteiger partial charge in [0.2, 0.25) is 4.77 Å². The van der Waals surface area contributed by atoms with Crippen LogP contribution in [0.5, 0.6) is 0 Å². The molecule has 0 N–H and O–H groups in total. The maximum absolute atomic E-state index is 5.66. The van der Waals surface area contributed by atoms with E-state index in [4.69, 9.17) is 17.3 Å². The van der Waals surface area contributed by atoms with Crippen LogP contribution in [-0.4, -0.2) is 31.7 Å². The Morgan fingerprint density at radius 1 is 1.12 bits per heavy atom. The predicted molar refractivity (Wildman–Crippen MR) is 97.2 cm³/mol. The predicted octanol–water partition coefficient (Wildman–Crippen LogP) is 3.97. The fourth-order valence-electron chi connectivity index (χ4n) is 6.13. The van der Waals surface area contributed by atoms with Crippen LogP contribution in [0.2, 0.25) is 0 Å². The molecule has 6 rings (SSSR count). The van der Waals surface area contributed by atoms with Gasteiger partial charge in [0.1, 0.15) is 0 Å². The monoisotopic (exact) mass is 342 g/mol. The maximum atomic E-state index is 5.66. The minimum Gasteiger partial charge on any atom is -0.281 e. The van der Waals surface area contributed by atoms with E-state index < -0.39 is 0 Å². The first-order chi connectivity index (χ1) is 11.7. The quantitative estimate of drug-likeness (QED) is 0.786. The molecule has 24 heavy (non-hydrogen) atoms. The maximum Gasteiger partial charge on any atom is 0.203 e. The molecule has 2 aromatic heterocycles. The zero-order valence-electron chi connectivity index (χ0n) is 14.3. The van der Waals surface area contributed by atoms with E-state index in [1.165, 1.54) is 32.1 Å². The molecule has 0 spiro atoms. The van der Waals surface area contributed by atoms with Crippen molar-refractivity contribution >= 4 is 17.9 Å². The summed E-state index contributed by atoms with van der Waals surface area (Å²) in [6.07, 6.45) is 9.38. The van der Waals surface area contributed by atoms with Crippen LogP contribution >= 0.6 is 12.2 Å². The Labute approximate surface area is 148 Å². The third-order valence-electron chi connectivity index (χ3n) is 6.81. The Morgan fingerprint density at radius 3 is 2.46 bits per heavy atom.